The molecule has 0 heterocycles. The zero-order valence-corrected chi connectivity index (χ0v) is 15.7. The van der Waals surface area contributed by atoms with E-state index in [1.165, 1.54) is 24.0 Å². The van der Waals surface area contributed by atoms with E-state index < -0.39 is 0 Å². The lowest BCUT2D eigenvalue weighted by Crippen LogP contribution is -1.96. The van der Waals surface area contributed by atoms with Crippen LogP contribution in [-0.4, -0.2) is 18.8 Å². The molecule has 0 aromatic heterocycles. The molecule has 0 spiro atoms. The number of hydrogen-bond donors (Lipinski definition) is 1. The molecule has 136 valence electrons. The van der Waals surface area contributed by atoms with Crippen molar-refractivity contribution in [2.24, 2.45) is 0 Å². The maximum atomic E-state index is 8.98. The first-order valence-electron chi connectivity index (χ1n) is 9.28. The van der Waals surface area contributed by atoms with Crippen LogP contribution in [0.3, 0.4) is 0 Å². The normalized spacial score (nSPS) is 10.7. The van der Waals surface area contributed by atoms with Gasteiger partial charge >= 0.3 is 0 Å². The highest BCUT2D eigenvalue weighted by Crippen LogP contribution is 2.33. The molecule has 25 heavy (non-hydrogen) atoms. The molecular weight excluding hydrogens is 312 g/mol. The minimum absolute atomic E-state index is 0.199. The Labute approximate surface area is 151 Å². The number of ether oxygens (including phenoxy) is 2. The summed E-state index contributed by atoms with van der Waals surface area (Å²) in [5.41, 5.74) is 3.76. The van der Waals surface area contributed by atoms with Gasteiger partial charge in [0.25, 0.3) is 0 Å². The Balaban J connectivity index is 2.22. The largest absolute Gasteiger partial charge is 0.493 e. The molecular formula is C22H30O3. The van der Waals surface area contributed by atoms with Crippen LogP contribution in [0, 0.1) is 0 Å². The third-order valence-corrected chi connectivity index (χ3v) is 4.33. The first-order chi connectivity index (χ1) is 12.2. The highest BCUT2D eigenvalue weighted by molar-refractivity contribution is 5.46. The number of benzene rings is 2. The van der Waals surface area contributed by atoms with E-state index >= 15 is 0 Å². The summed E-state index contributed by atoms with van der Waals surface area (Å²) in [5.74, 6) is 2.32. The molecule has 2 aromatic rings. The molecule has 3 heteroatoms. The molecule has 0 radical (unpaired) electrons. The van der Waals surface area contributed by atoms with Crippen LogP contribution in [0.1, 0.15) is 49.8 Å². The summed E-state index contributed by atoms with van der Waals surface area (Å²) in [7, 11) is 1.66. The van der Waals surface area contributed by atoms with Gasteiger partial charge in [-0.25, -0.2) is 0 Å². The van der Waals surface area contributed by atoms with E-state index in [1.54, 1.807) is 7.11 Å². The van der Waals surface area contributed by atoms with Crippen LogP contribution in [0.5, 0.6) is 17.2 Å². The Bertz CT molecular complexity index is 664. The van der Waals surface area contributed by atoms with Gasteiger partial charge in [0.05, 0.1) is 7.11 Å². The fourth-order valence-corrected chi connectivity index (χ4v) is 2.88. The van der Waals surface area contributed by atoms with Crippen LogP contribution in [0.25, 0.3) is 0 Å². The average Bonchev–Trinajstić information content (AvgIpc) is 2.65. The van der Waals surface area contributed by atoms with Gasteiger partial charge < -0.3 is 14.6 Å². The molecule has 3 nitrogen and oxygen atoms in total. The van der Waals surface area contributed by atoms with E-state index in [2.05, 4.69) is 32.0 Å². The molecule has 0 aliphatic carbocycles. The molecule has 0 amide bonds. The summed E-state index contributed by atoms with van der Waals surface area (Å²) in [4.78, 5) is 0. The standard InChI is InChI=1S/C22H30O3/c1-4-6-8-19-13-17(5-2)14-20(15-19)25-21-11-10-18(9-7-12-23)16-22(21)24-3/h10-11,13-16,23H,4-9,12H2,1-3H3. The van der Waals surface area contributed by atoms with Crippen LogP contribution in [0.15, 0.2) is 36.4 Å². The maximum absolute atomic E-state index is 8.98. The van der Waals surface area contributed by atoms with Gasteiger partial charge in [-0.15, -0.1) is 0 Å². The van der Waals surface area contributed by atoms with Gasteiger partial charge in [0.1, 0.15) is 5.75 Å². The highest BCUT2D eigenvalue weighted by Gasteiger charge is 2.09. The second kappa shape index (κ2) is 10.1. The minimum Gasteiger partial charge on any atom is -0.493 e. The molecule has 1 N–H and O–H groups in total. The Hall–Kier alpha value is -2.00. The lowest BCUT2D eigenvalue weighted by atomic mass is 10.0. The zero-order chi connectivity index (χ0) is 18.1. The Morgan fingerprint density at radius 1 is 0.840 bits per heavy atom. The van der Waals surface area contributed by atoms with Crippen LogP contribution < -0.4 is 9.47 Å². The number of methoxy groups -OCH3 is 1. The topological polar surface area (TPSA) is 38.7 Å². The summed E-state index contributed by atoms with van der Waals surface area (Å²) in [6.07, 6.45) is 6.04. The number of aryl methyl sites for hydroxylation is 3. The predicted molar refractivity (Wildman–Crippen MR) is 103 cm³/mol. The first-order valence-corrected chi connectivity index (χ1v) is 9.28. The molecule has 2 aromatic carbocycles. The van der Waals surface area contributed by atoms with Crippen molar-refractivity contribution in [3.63, 3.8) is 0 Å². The van der Waals surface area contributed by atoms with Crippen molar-refractivity contribution in [1.29, 1.82) is 0 Å². The average molecular weight is 342 g/mol. The summed E-state index contributed by atoms with van der Waals surface area (Å²) in [5, 5.41) is 8.98. The van der Waals surface area contributed by atoms with E-state index in [0.717, 1.165) is 48.5 Å². The summed E-state index contributed by atoms with van der Waals surface area (Å²) < 4.78 is 11.7. The fraction of sp³-hybridized carbons (Fsp3) is 0.455. The zero-order valence-electron chi connectivity index (χ0n) is 15.7. The van der Waals surface area contributed by atoms with Gasteiger partial charge in [-0.1, -0.05) is 32.4 Å². The highest BCUT2D eigenvalue weighted by atomic mass is 16.5. The van der Waals surface area contributed by atoms with E-state index in [-0.39, 0.29) is 6.61 Å². The van der Waals surface area contributed by atoms with Gasteiger partial charge in [-0.2, -0.15) is 0 Å². The Kier molecular flexibility index (Phi) is 7.80. The Morgan fingerprint density at radius 3 is 2.28 bits per heavy atom. The number of rotatable bonds is 10. The molecule has 0 saturated heterocycles. The monoisotopic (exact) mass is 342 g/mol. The van der Waals surface area contributed by atoms with E-state index in [0.29, 0.717) is 0 Å². The van der Waals surface area contributed by atoms with Crippen molar-refractivity contribution in [2.45, 2.75) is 52.4 Å². The lowest BCUT2D eigenvalue weighted by molar-refractivity contribution is 0.288. The van der Waals surface area contributed by atoms with E-state index in [4.69, 9.17) is 14.6 Å². The van der Waals surface area contributed by atoms with Crippen LogP contribution in [-0.2, 0) is 19.3 Å². The lowest BCUT2D eigenvalue weighted by Gasteiger charge is -2.14. The number of hydrogen-bond acceptors (Lipinski definition) is 3. The molecule has 0 aliphatic heterocycles. The maximum Gasteiger partial charge on any atom is 0.169 e. The third-order valence-electron chi connectivity index (χ3n) is 4.33. The second-order valence-corrected chi connectivity index (χ2v) is 6.36. The van der Waals surface area contributed by atoms with Crippen LogP contribution in [0.4, 0.5) is 0 Å². The minimum atomic E-state index is 0.199. The van der Waals surface area contributed by atoms with Crippen molar-refractivity contribution in [3.8, 4) is 17.2 Å². The fourth-order valence-electron chi connectivity index (χ4n) is 2.88. The van der Waals surface area contributed by atoms with Gasteiger partial charge in [0.15, 0.2) is 11.5 Å². The van der Waals surface area contributed by atoms with Gasteiger partial charge in [-0.05, 0) is 73.1 Å². The number of unbranched alkanes of at least 4 members (excludes halogenated alkanes) is 1. The molecule has 0 bridgehead atoms. The van der Waals surface area contributed by atoms with Gasteiger partial charge in [0.2, 0.25) is 0 Å². The van der Waals surface area contributed by atoms with Crippen molar-refractivity contribution in [1.82, 2.24) is 0 Å². The number of aliphatic hydroxyl groups excluding tert-OH is 1. The smallest absolute Gasteiger partial charge is 0.169 e. The predicted octanol–water partition coefficient (Wildman–Crippen LogP) is 5.32. The van der Waals surface area contributed by atoms with Crippen molar-refractivity contribution in [2.75, 3.05) is 13.7 Å². The summed E-state index contributed by atoms with van der Waals surface area (Å²) in [6.45, 7) is 4.58. The summed E-state index contributed by atoms with van der Waals surface area (Å²) >= 11 is 0. The molecule has 0 atom stereocenters. The first kappa shape index (κ1) is 19.3. The quantitative estimate of drug-likeness (QED) is 0.635. The molecule has 0 aliphatic rings. The van der Waals surface area contributed by atoms with Crippen LogP contribution in [0.2, 0.25) is 0 Å². The Morgan fingerprint density at radius 2 is 1.60 bits per heavy atom. The summed E-state index contributed by atoms with van der Waals surface area (Å²) in [6, 6.07) is 12.5. The molecule has 0 saturated carbocycles. The third kappa shape index (κ3) is 5.79. The van der Waals surface area contributed by atoms with Gasteiger partial charge in [-0.3, -0.25) is 0 Å². The molecule has 2 rings (SSSR count). The van der Waals surface area contributed by atoms with E-state index in [9.17, 15) is 0 Å². The van der Waals surface area contributed by atoms with Crippen molar-refractivity contribution < 1.29 is 14.6 Å². The van der Waals surface area contributed by atoms with Crippen molar-refractivity contribution >= 4 is 0 Å². The van der Waals surface area contributed by atoms with Gasteiger partial charge in [0, 0.05) is 6.61 Å². The van der Waals surface area contributed by atoms with Crippen molar-refractivity contribution in [3.05, 3.63) is 53.1 Å². The SMILES string of the molecule is CCCCc1cc(CC)cc(Oc2ccc(CCCO)cc2OC)c1. The molecule has 0 unspecified atom stereocenters. The second-order valence-electron chi connectivity index (χ2n) is 6.36. The van der Waals surface area contributed by atoms with E-state index in [1.807, 2.05) is 18.2 Å². The molecule has 0 fully saturated rings. The van der Waals surface area contributed by atoms with Crippen LogP contribution >= 0.6 is 0 Å². The number of aliphatic hydroxyl groups is 1.